The number of rotatable bonds is 4. The van der Waals surface area contributed by atoms with Crippen LogP contribution in [0.4, 0.5) is 0 Å². The summed E-state index contributed by atoms with van der Waals surface area (Å²) in [5, 5.41) is 0. The van der Waals surface area contributed by atoms with Gasteiger partial charge in [-0.3, -0.25) is 0 Å². The second-order valence-corrected chi connectivity index (χ2v) is 5.55. The fourth-order valence-corrected chi connectivity index (χ4v) is 1.98. The van der Waals surface area contributed by atoms with Crippen LogP contribution >= 0.6 is 0 Å². The molecule has 2 aromatic carbocycles. The van der Waals surface area contributed by atoms with Gasteiger partial charge in [-0.2, -0.15) is 0 Å². The monoisotopic (exact) mass is 254 g/mol. The maximum atomic E-state index is 5.85. The fraction of sp³-hybridized carbons (Fsp3) is 0.333. The van der Waals surface area contributed by atoms with Crippen molar-refractivity contribution in [3.8, 4) is 11.5 Å². The highest BCUT2D eigenvalue weighted by atomic mass is 16.5. The van der Waals surface area contributed by atoms with Crippen LogP contribution in [0.5, 0.6) is 11.5 Å². The molecule has 0 radical (unpaired) electrons. The van der Waals surface area contributed by atoms with E-state index in [1.807, 2.05) is 24.3 Å². The lowest BCUT2D eigenvalue weighted by atomic mass is 10.0. The third-order valence-corrected chi connectivity index (χ3v) is 3.33. The van der Waals surface area contributed by atoms with Gasteiger partial charge in [0.05, 0.1) is 0 Å². The fourth-order valence-electron chi connectivity index (χ4n) is 1.98. The lowest BCUT2D eigenvalue weighted by Crippen LogP contribution is -1.90. The quantitative estimate of drug-likeness (QED) is 0.677. The summed E-state index contributed by atoms with van der Waals surface area (Å²) in [7, 11) is 0. The van der Waals surface area contributed by atoms with Crippen molar-refractivity contribution in [2.45, 2.75) is 39.5 Å². The molecule has 0 saturated heterocycles. The molecule has 0 atom stereocenters. The van der Waals surface area contributed by atoms with Gasteiger partial charge in [-0.1, -0.05) is 52.0 Å². The molecule has 0 amide bonds. The Balaban J connectivity index is 2.08. The lowest BCUT2D eigenvalue weighted by Gasteiger charge is -2.10. The third-order valence-electron chi connectivity index (χ3n) is 3.33. The van der Waals surface area contributed by atoms with E-state index in [2.05, 4.69) is 52.0 Å². The summed E-state index contributed by atoms with van der Waals surface area (Å²) in [5.41, 5.74) is 2.67. The van der Waals surface area contributed by atoms with Crippen LogP contribution in [0.15, 0.2) is 48.5 Å². The second kappa shape index (κ2) is 5.92. The second-order valence-electron chi connectivity index (χ2n) is 5.55. The third kappa shape index (κ3) is 3.60. The van der Waals surface area contributed by atoms with Gasteiger partial charge >= 0.3 is 0 Å². The molecular weight excluding hydrogens is 232 g/mol. The molecule has 0 fully saturated rings. The van der Waals surface area contributed by atoms with Crippen molar-refractivity contribution >= 4 is 0 Å². The Morgan fingerprint density at radius 2 is 0.895 bits per heavy atom. The lowest BCUT2D eigenvalue weighted by molar-refractivity contribution is 0.482. The molecule has 100 valence electrons. The van der Waals surface area contributed by atoms with Crippen LogP contribution in [-0.2, 0) is 0 Å². The Morgan fingerprint density at radius 3 is 1.16 bits per heavy atom. The summed E-state index contributed by atoms with van der Waals surface area (Å²) in [6.07, 6.45) is 0. The molecule has 0 saturated carbocycles. The van der Waals surface area contributed by atoms with Crippen LogP contribution in [0.3, 0.4) is 0 Å². The van der Waals surface area contributed by atoms with E-state index < -0.39 is 0 Å². The molecule has 2 aromatic rings. The Bertz CT molecular complexity index is 457. The first-order valence-electron chi connectivity index (χ1n) is 6.94. The Labute approximate surface area is 116 Å². The number of hydrogen-bond donors (Lipinski definition) is 0. The summed E-state index contributed by atoms with van der Waals surface area (Å²) < 4.78 is 5.85. The van der Waals surface area contributed by atoms with Crippen LogP contribution in [0.25, 0.3) is 0 Å². The van der Waals surface area contributed by atoms with Crippen LogP contribution in [0.1, 0.15) is 50.7 Å². The van der Waals surface area contributed by atoms with Crippen molar-refractivity contribution < 1.29 is 4.74 Å². The van der Waals surface area contributed by atoms with Gasteiger partial charge in [0.2, 0.25) is 0 Å². The average Bonchev–Trinajstić information content (AvgIpc) is 2.40. The van der Waals surface area contributed by atoms with Gasteiger partial charge in [-0.15, -0.1) is 0 Å². The van der Waals surface area contributed by atoms with Crippen LogP contribution < -0.4 is 4.74 Å². The zero-order valence-corrected chi connectivity index (χ0v) is 12.2. The summed E-state index contributed by atoms with van der Waals surface area (Å²) >= 11 is 0. The summed E-state index contributed by atoms with van der Waals surface area (Å²) in [6, 6.07) is 16.6. The van der Waals surface area contributed by atoms with E-state index in [0.717, 1.165) is 11.5 Å². The van der Waals surface area contributed by atoms with Crippen LogP contribution in [0.2, 0.25) is 0 Å². The van der Waals surface area contributed by atoms with Gasteiger partial charge in [0.1, 0.15) is 11.5 Å². The molecule has 1 heteroatoms. The summed E-state index contributed by atoms with van der Waals surface area (Å²) in [4.78, 5) is 0. The van der Waals surface area contributed by atoms with Gasteiger partial charge in [-0.25, -0.2) is 0 Å². The van der Waals surface area contributed by atoms with Gasteiger partial charge in [0, 0.05) is 0 Å². The Morgan fingerprint density at radius 1 is 0.579 bits per heavy atom. The molecule has 0 aromatic heterocycles. The number of benzene rings is 2. The predicted octanol–water partition coefficient (Wildman–Crippen LogP) is 5.73. The summed E-state index contributed by atoms with van der Waals surface area (Å²) in [5.74, 6) is 2.89. The average molecular weight is 254 g/mol. The van der Waals surface area contributed by atoms with Crippen molar-refractivity contribution in [1.82, 2.24) is 0 Å². The van der Waals surface area contributed by atoms with Crippen molar-refractivity contribution in [1.29, 1.82) is 0 Å². The summed E-state index contributed by atoms with van der Waals surface area (Å²) in [6.45, 7) is 8.78. The molecule has 0 bridgehead atoms. The standard InChI is InChI=1S/C18H22O/c1-13(2)15-5-9-17(10-6-15)19-18-11-7-16(8-12-18)14(3)4/h5-14H,1-4H3. The molecule has 0 spiro atoms. The minimum Gasteiger partial charge on any atom is -0.457 e. The number of ether oxygens (including phenoxy) is 1. The molecule has 0 aliphatic heterocycles. The van der Waals surface area contributed by atoms with Crippen molar-refractivity contribution in [2.24, 2.45) is 0 Å². The molecule has 19 heavy (non-hydrogen) atoms. The largest absolute Gasteiger partial charge is 0.457 e. The first kappa shape index (κ1) is 13.7. The normalized spacial score (nSPS) is 11.1. The molecule has 1 nitrogen and oxygen atoms in total. The van der Waals surface area contributed by atoms with Crippen molar-refractivity contribution in [2.75, 3.05) is 0 Å². The van der Waals surface area contributed by atoms with Gasteiger partial charge in [0.15, 0.2) is 0 Å². The van der Waals surface area contributed by atoms with Crippen LogP contribution in [0, 0.1) is 0 Å². The predicted molar refractivity (Wildman–Crippen MR) is 81.1 cm³/mol. The van der Waals surface area contributed by atoms with E-state index in [4.69, 9.17) is 4.74 Å². The smallest absolute Gasteiger partial charge is 0.127 e. The van der Waals surface area contributed by atoms with Crippen molar-refractivity contribution in [3.05, 3.63) is 59.7 Å². The van der Waals surface area contributed by atoms with E-state index in [1.54, 1.807) is 0 Å². The maximum absolute atomic E-state index is 5.85. The van der Waals surface area contributed by atoms with E-state index in [0.29, 0.717) is 11.8 Å². The topological polar surface area (TPSA) is 9.23 Å². The van der Waals surface area contributed by atoms with Crippen molar-refractivity contribution in [3.63, 3.8) is 0 Å². The minimum atomic E-state index is 0.555. The van der Waals surface area contributed by atoms with Gasteiger partial charge in [-0.05, 0) is 47.2 Å². The molecule has 0 unspecified atom stereocenters. The van der Waals surface area contributed by atoms with Gasteiger partial charge < -0.3 is 4.74 Å². The maximum Gasteiger partial charge on any atom is 0.127 e. The Kier molecular flexibility index (Phi) is 4.26. The van der Waals surface area contributed by atoms with E-state index >= 15 is 0 Å². The Hall–Kier alpha value is -1.76. The highest BCUT2D eigenvalue weighted by Gasteiger charge is 2.02. The number of hydrogen-bond acceptors (Lipinski definition) is 1. The SMILES string of the molecule is CC(C)c1ccc(Oc2ccc(C(C)C)cc2)cc1. The molecule has 0 aliphatic carbocycles. The zero-order chi connectivity index (χ0) is 13.8. The van der Waals surface area contributed by atoms with E-state index in [-0.39, 0.29) is 0 Å². The van der Waals surface area contributed by atoms with Crippen LogP contribution in [-0.4, -0.2) is 0 Å². The molecule has 2 rings (SSSR count). The first-order valence-corrected chi connectivity index (χ1v) is 6.94. The zero-order valence-electron chi connectivity index (χ0n) is 12.2. The van der Waals surface area contributed by atoms with Gasteiger partial charge in [0.25, 0.3) is 0 Å². The highest BCUT2D eigenvalue weighted by Crippen LogP contribution is 2.25. The molecule has 0 heterocycles. The molecule has 0 N–H and O–H groups in total. The minimum absolute atomic E-state index is 0.555. The molecular formula is C18H22O. The first-order chi connectivity index (χ1) is 9.06. The molecule has 0 aliphatic rings. The van der Waals surface area contributed by atoms with E-state index in [9.17, 15) is 0 Å². The van der Waals surface area contributed by atoms with E-state index in [1.165, 1.54) is 11.1 Å². The highest BCUT2D eigenvalue weighted by molar-refractivity contribution is 5.35.